The van der Waals surface area contributed by atoms with E-state index in [0.717, 1.165) is 30.1 Å². The SMILES string of the molecule is CC(C)c1c(Cl)ncnc1NCCc1ccco1. The molecule has 4 nitrogen and oxygen atoms in total. The van der Waals surface area contributed by atoms with Crippen LogP contribution in [-0.2, 0) is 6.42 Å². The molecule has 1 N–H and O–H groups in total. The third-order valence-corrected chi connectivity index (χ3v) is 2.96. The number of nitrogens with one attached hydrogen (secondary N) is 1. The van der Waals surface area contributed by atoms with Gasteiger partial charge in [0.05, 0.1) is 6.26 Å². The molecule has 2 heterocycles. The first kappa shape index (κ1) is 12.9. The number of nitrogens with zero attached hydrogens (tertiary/aromatic N) is 2. The molecule has 0 saturated carbocycles. The number of furan rings is 1. The van der Waals surface area contributed by atoms with Gasteiger partial charge in [0.1, 0.15) is 23.1 Å². The van der Waals surface area contributed by atoms with Gasteiger partial charge in [-0.15, -0.1) is 0 Å². The van der Waals surface area contributed by atoms with E-state index < -0.39 is 0 Å². The molecule has 0 bridgehead atoms. The summed E-state index contributed by atoms with van der Waals surface area (Å²) >= 11 is 6.09. The Bertz CT molecular complexity index is 497. The molecule has 2 rings (SSSR count). The lowest BCUT2D eigenvalue weighted by Gasteiger charge is -2.13. The van der Waals surface area contributed by atoms with Crippen molar-refractivity contribution in [3.05, 3.63) is 41.2 Å². The van der Waals surface area contributed by atoms with E-state index in [1.165, 1.54) is 6.33 Å². The van der Waals surface area contributed by atoms with Gasteiger partial charge in [-0.1, -0.05) is 25.4 Å². The van der Waals surface area contributed by atoms with E-state index in [2.05, 4.69) is 29.1 Å². The van der Waals surface area contributed by atoms with Crippen molar-refractivity contribution in [2.75, 3.05) is 11.9 Å². The van der Waals surface area contributed by atoms with Crippen LogP contribution in [0.3, 0.4) is 0 Å². The number of hydrogen-bond donors (Lipinski definition) is 1. The fourth-order valence-corrected chi connectivity index (χ4v) is 2.14. The van der Waals surface area contributed by atoms with Gasteiger partial charge >= 0.3 is 0 Å². The minimum atomic E-state index is 0.282. The van der Waals surface area contributed by atoms with Crippen LogP contribution in [0, 0.1) is 0 Å². The van der Waals surface area contributed by atoms with Crippen LogP contribution in [-0.4, -0.2) is 16.5 Å². The molecule has 5 heteroatoms. The van der Waals surface area contributed by atoms with Crippen LogP contribution < -0.4 is 5.32 Å². The number of anilines is 1. The molecule has 0 aromatic carbocycles. The molecule has 0 unspecified atom stereocenters. The number of halogens is 1. The molecule has 18 heavy (non-hydrogen) atoms. The van der Waals surface area contributed by atoms with Gasteiger partial charge in [-0.25, -0.2) is 9.97 Å². The first-order chi connectivity index (χ1) is 8.68. The second-order valence-corrected chi connectivity index (χ2v) is 4.70. The van der Waals surface area contributed by atoms with Crippen molar-refractivity contribution in [1.82, 2.24) is 9.97 Å². The molecular formula is C13H16ClN3O. The minimum absolute atomic E-state index is 0.282. The van der Waals surface area contributed by atoms with Crippen molar-refractivity contribution in [1.29, 1.82) is 0 Å². The predicted molar refractivity (Wildman–Crippen MR) is 72.0 cm³/mol. The highest BCUT2D eigenvalue weighted by Crippen LogP contribution is 2.27. The smallest absolute Gasteiger partial charge is 0.138 e. The summed E-state index contributed by atoms with van der Waals surface area (Å²) in [7, 11) is 0. The molecule has 0 spiro atoms. The predicted octanol–water partition coefficient (Wildman–Crippen LogP) is 3.50. The van der Waals surface area contributed by atoms with E-state index in [0.29, 0.717) is 5.15 Å². The van der Waals surface area contributed by atoms with E-state index in [1.54, 1.807) is 6.26 Å². The summed E-state index contributed by atoms with van der Waals surface area (Å²) in [5.41, 5.74) is 0.957. The Morgan fingerprint density at radius 1 is 1.39 bits per heavy atom. The second kappa shape index (κ2) is 5.87. The molecule has 0 fully saturated rings. The fourth-order valence-electron chi connectivity index (χ4n) is 1.79. The Balaban J connectivity index is 2.03. The summed E-state index contributed by atoms with van der Waals surface area (Å²) in [5, 5.41) is 3.79. The van der Waals surface area contributed by atoms with Crippen LogP contribution >= 0.6 is 11.6 Å². The van der Waals surface area contributed by atoms with Gasteiger partial charge in [0.15, 0.2) is 0 Å². The van der Waals surface area contributed by atoms with E-state index in [-0.39, 0.29) is 5.92 Å². The maximum Gasteiger partial charge on any atom is 0.138 e. The highest BCUT2D eigenvalue weighted by molar-refractivity contribution is 6.30. The largest absolute Gasteiger partial charge is 0.469 e. The Hall–Kier alpha value is -1.55. The van der Waals surface area contributed by atoms with E-state index >= 15 is 0 Å². The van der Waals surface area contributed by atoms with Crippen molar-refractivity contribution in [3.63, 3.8) is 0 Å². The van der Waals surface area contributed by atoms with Crippen molar-refractivity contribution in [3.8, 4) is 0 Å². The summed E-state index contributed by atoms with van der Waals surface area (Å²) in [6, 6.07) is 3.84. The molecular weight excluding hydrogens is 250 g/mol. The maximum atomic E-state index is 6.09. The zero-order valence-electron chi connectivity index (χ0n) is 10.5. The highest BCUT2D eigenvalue weighted by Gasteiger charge is 2.13. The zero-order valence-corrected chi connectivity index (χ0v) is 11.2. The lowest BCUT2D eigenvalue weighted by molar-refractivity contribution is 0.513. The van der Waals surface area contributed by atoms with Crippen LogP contribution in [0.5, 0.6) is 0 Å². The average Bonchev–Trinajstić information content (AvgIpc) is 2.81. The van der Waals surface area contributed by atoms with E-state index in [9.17, 15) is 0 Å². The molecule has 0 aliphatic rings. The Kier molecular flexibility index (Phi) is 4.20. The second-order valence-electron chi connectivity index (χ2n) is 4.34. The number of aromatic nitrogens is 2. The molecule has 0 aliphatic heterocycles. The third kappa shape index (κ3) is 3.01. The topological polar surface area (TPSA) is 51.0 Å². The zero-order chi connectivity index (χ0) is 13.0. The first-order valence-electron chi connectivity index (χ1n) is 5.95. The lowest BCUT2D eigenvalue weighted by Crippen LogP contribution is -2.10. The van der Waals surface area contributed by atoms with Crippen LogP contribution in [0.15, 0.2) is 29.1 Å². The highest BCUT2D eigenvalue weighted by atomic mass is 35.5. The van der Waals surface area contributed by atoms with Gasteiger partial charge < -0.3 is 9.73 Å². The molecule has 2 aromatic heterocycles. The fraction of sp³-hybridized carbons (Fsp3) is 0.385. The van der Waals surface area contributed by atoms with Crippen molar-refractivity contribution < 1.29 is 4.42 Å². The molecule has 0 amide bonds. The van der Waals surface area contributed by atoms with Crippen molar-refractivity contribution >= 4 is 17.4 Å². The number of rotatable bonds is 5. The Morgan fingerprint density at radius 2 is 2.22 bits per heavy atom. The Morgan fingerprint density at radius 3 is 2.89 bits per heavy atom. The van der Waals surface area contributed by atoms with E-state index in [4.69, 9.17) is 16.0 Å². The van der Waals surface area contributed by atoms with E-state index in [1.807, 2.05) is 12.1 Å². The van der Waals surface area contributed by atoms with Gasteiger partial charge in [-0.2, -0.15) is 0 Å². The maximum absolute atomic E-state index is 6.09. The molecule has 0 atom stereocenters. The minimum Gasteiger partial charge on any atom is -0.469 e. The normalized spacial score (nSPS) is 10.9. The van der Waals surface area contributed by atoms with Crippen molar-refractivity contribution in [2.24, 2.45) is 0 Å². The lowest BCUT2D eigenvalue weighted by atomic mass is 10.1. The standard InChI is InChI=1S/C13H16ClN3O/c1-9(2)11-12(14)16-8-17-13(11)15-6-5-10-4-3-7-18-10/h3-4,7-9H,5-6H2,1-2H3,(H,15,16,17). The van der Waals surface area contributed by atoms with Crippen LogP contribution in [0.4, 0.5) is 5.82 Å². The summed E-state index contributed by atoms with van der Waals surface area (Å²) in [5.74, 6) is 2.04. The molecule has 2 aromatic rings. The van der Waals surface area contributed by atoms with Gasteiger partial charge in [0, 0.05) is 18.5 Å². The van der Waals surface area contributed by atoms with Crippen LogP contribution in [0.1, 0.15) is 31.1 Å². The monoisotopic (exact) mass is 265 g/mol. The quantitative estimate of drug-likeness (QED) is 0.841. The van der Waals surface area contributed by atoms with Gasteiger partial charge in [-0.3, -0.25) is 0 Å². The summed E-state index contributed by atoms with van der Waals surface area (Å²) in [6.45, 7) is 4.89. The molecule has 0 radical (unpaired) electrons. The van der Waals surface area contributed by atoms with Gasteiger partial charge in [0.2, 0.25) is 0 Å². The van der Waals surface area contributed by atoms with Crippen LogP contribution in [0.2, 0.25) is 5.15 Å². The molecule has 0 aliphatic carbocycles. The van der Waals surface area contributed by atoms with Gasteiger partial charge in [-0.05, 0) is 18.1 Å². The van der Waals surface area contributed by atoms with Crippen molar-refractivity contribution in [2.45, 2.75) is 26.2 Å². The summed E-state index contributed by atoms with van der Waals surface area (Å²) in [4.78, 5) is 8.26. The Labute approximate surface area is 111 Å². The molecule has 96 valence electrons. The number of hydrogen-bond acceptors (Lipinski definition) is 4. The first-order valence-corrected chi connectivity index (χ1v) is 6.33. The summed E-state index contributed by atoms with van der Waals surface area (Å²) < 4.78 is 5.27. The third-order valence-electron chi connectivity index (χ3n) is 2.66. The average molecular weight is 266 g/mol. The summed E-state index contributed by atoms with van der Waals surface area (Å²) in [6.07, 6.45) is 3.96. The van der Waals surface area contributed by atoms with Gasteiger partial charge in [0.25, 0.3) is 0 Å². The van der Waals surface area contributed by atoms with Crippen LogP contribution in [0.25, 0.3) is 0 Å². The molecule has 0 saturated heterocycles.